The summed E-state index contributed by atoms with van der Waals surface area (Å²) < 4.78 is 0. The highest BCUT2D eigenvalue weighted by molar-refractivity contribution is 7.07. The highest BCUT2D eigenvalue weighted by atomic mass is 32.1. The SMILES string of the molecule is c1ccc2c(c1)CC(CNCc1cscn1)N2. The summed E-state index contributed by atoms with van der Waals surface area (Å²) in [4.78, 5) is 4.26. The quantitative estimate of drug-likeness (QED) is 0.867. The molecule has 2 heterocycles. The van der Waals surface area contributed by atoms with Crippen molar-refractivity contribution in [1.82, 2.24) is 10.3 Å². The Morgan fingerprint density at radius 3 is 3.18 bits per heavy atom. The van der Waals surface area contributed by atoms with Crippen LogP contribution in [0.4, 0.5) is 5.69 Å². The second kappa shape index (κ2) is 4.85. The fraction of sp³-hybridized carbons (Fsp3) is 0.308. The van der Waals surface area contributed by atoms with Crippen LogP contribution in [0.2, 0.25) is 0 Å². The predicted octanol–water partition coefficient (Wildman–Crippen LogP) is 2.27. The van der Waals surface area contributed by atoms with Gasteiger partial charge in [0.05, 0.1) is 11.2 Å². The van der Waals surface area contributed by atoms with Crippen LogP contribution in [0, 0.1) is 0 Å². The van der Waals surface area contributed by atoms with E-state index in [0.717, 1.165) is 25.2 Å². The minimum absolute atomic E-state index is 0.506. The third-order valence-corrected chi connectivity index (χ3v) is 3.66. The second-order valence-corrected chi connectivity index (χ2v) is 5.03. The highest BCUT2D eigenvalue weighted by Gasteiger charge is 2.18. The summed E-state index contributed by atoms with van der Waals surface area (Å²) >= 11 is 1.65. The number of nitrogens with one attached hydrogen (secondary N) is 2. The first-order chi connectivity index (χ1) is 8.42. The summed E-state index contributed by atoms with van der Waals surface area (Å²) in [7, 11) is 0. The maximum absolute atomic E-state index is 4.26. The van der Waals surface area contributed by atoms with Crippen molar-refractivity contribution in [3.8, 4) is 0 Å². The molecular formula is C13H15N3S. The first-order valence-electron chi connectivity index (χ1n) is 5.84. The molecule has 3 rings (SSSR count). The molecule has 0 spiro atoms. The fourth-order valence-electron chi connectivity index (χ4n) is 2.20. The van der Waals surface area contributed by atoms with Crippen LogP contribution in [-0.2, 0) is 13.0 Å². The summed E-state index contributed by atoms with van der Waals surface area (Å²) in [5, 5.41) is 9.07. The standard InChI is InChI=1S/C13H15N3S/c1-2-4-13-10(3-1)5-11(16-13)6-14-7-12-8-17-9-15-12/h1-4,8-9,11,14,16H,5-7H2. The monoisotopic (exact) mass is 245 g/mol. The molecule has 4 heteroatoms. The lowest BCUT2D eigenvalue weighted by Gasteiger charge is -2.11. The zero-order chi connectivity index (χ0) is 11.5. The summed E-state index contributed by atoms with van der Waals surface area (Å²) in [6.07, 6.45) is 1.11. The molecular weight excluding hydrogens is 230 g/mol. The number of benzene rings is 1. The average Bonchev–Trinajstić information content (AvgIpc) is 2.96. The Bertz CT molecular complexity index is 456. The predicted molar refractivity (Wildman–Crippen MR) is 71.4 cm³/mol. The van der Waals surface area contributed by atoms with Crippen LogP contribution in [0.1, 0.15) is 11.3 Å². The molecule has 2 aromatic rings. The maximum Gasteiger partial charge on any atom is 0.0795 e. The molecule has 1 aromatic carbocycles. The zero-order valence-electron chi connectivity index (χ0n) is 9.52. The van der Waals surface area contributed by atoms with Crippen molar-refractivity contribution in [3.63, 3.8) is 0 Å². The van der Waals surface area contributed by atoms with Crippen LogP contribution >= 0.6 is 11.3 Å². The van der Waals surface area contributed by atoms with Crippen LogP contribution in [0.25, 0.3) is 0 Å². The maximum atomic E-state index is 4.26. The van der Waals surface area contributed by atoms with Crippen LogP contribution < -0.4 is 10.6 Å². The van der Waals surface area contributed by atoms with Crippen molar-refractivity contribution in [2.75, 3.05) is 11.9 Å². The number of para-hydroxylation sites is 1. The Morgan fingerprint density at radius 1 is 1.41 bits per heavy atom. The van der Waals surface area contributed by atoms with Gasteiger partial charge in [0, 0.05) is 30.2 Å². The Kier molecular flexibility index (Phi) is 3.07. The van der Waals surface area contributed by atoms with Gasteiger partial charge in [-0.2, -0.15) is 0 Å². The Morgan fingerprint density at radius 2 is 2.35 bits per heavy atom. The van der Waals surface area contributed by atoms with Gasteiger partial charge in [-0.3, -0.25) is 0 Å². The first kappa shape index (κ1) is 10.7. The van der Waals surface area contributed by atoms with E-state index in [0.29, 0.717) is 6.04 Å². The number of fused-ring (bicyclic) bond motifs is 1. The number of thiazole rings is 1. The fourth-order valence-corrected chi connectivity index (χ4v) is 2.76. The van der Waals surface area contributed by atoms with E-state index < -0.39 is 0 Å². The molecule has 1 atom stereocenters. The van der Waals surface area contributed by atoms with E-state index in [2.05, 4.69) is 45.3 Å². The molecule has 0 saturated heterocycles. The lowest BCUT2D eigenvalue weighted by Crippen LogP contribution is -2.30. The van der Waals surface area contributed by atoms with E-state index >= 15 is 0 Å². The van der Waals surface area contributed by atoms with E-state index in [1.807, 2.05) is 5.51 Å². The van der Waals surface area contributed by atoms with Crippen molar-refractivity contribution in [2.24, 2.45) is 0 Å². The number of hydrogen-bond acceptors (Lipinski definition) is 4. The van der Waals surface area contributed by atoms with Crippen LogP contribution in [0.5, 0.6) is 0 Å². The number of hydrogen-bond donors (Lipinski definition) is 2. The number of aromatic nitrogens is 1. The molecule has 0 aliphatic carbocycles. The Balaban J connectivity index is 1.49. The molecule has 0 amide bonds. The number of rotatable bonds is 4. The number of anilines is 1. The van der Waals surface area contributed by atoms with Gasteiger partial charge in [-0.05, 0) is 18.1 Å². The molecule has 3 nitrogen and oxygen atoms in total. The van der Waals surface area contributed by atoms with Gasteiger partial charge in [0.25, 0.3) is 0 Å². The minimum Gasteiger partial charge on any atom is -0.380 e. The van der Waals surface area contributed by atoms with Crippen molar-refractivity contribution < 1.29 is 0 Å². The topological polar surface area (TPSA) is 37.0 Å². The van der Waals surface area contributed by atoms with Gasteiger partial charge in [0.1, 0.15) is 0 Å². The average molecular weight is 245 g/mol. The molecule has 0 radical (unpaired) electrons. The van der Waals surface area contributed by atoms with Crippen molar-refractivity contribution in [3.05, 3.63) is 46.4 Å². The summed E-state index contributed by atoms with van der Waals surface area (Å²) in [6, 6.07) is 9.03. The molecule has 88 valence electrons. The van der Waals surface area contributed by atoms with E-state index in [1.165, 1.54) is 11.3 Å². The lowest BCUT2D eigenvalue weighted by atomic mass is 10.1. The molecule has 0 saturated carbocycles. The van der Waals surface area contributed by atoms with Gasteiger partial charge in [-0.25, -0.2) is 4.98 Å². The van der Waals surface area contributed by atoms with E-state index in [1.54, 1.807) is 11.3 Å². The Labute approximate surface area is 105 Å². The van der Waals surface area contributed by atoms with E-state index in [-0.39, 0.29) is 0 Å². The van der Waals surface area contributed by atoms with Gasteiger partial charge in [0.15, 0.2) is 0 Å². The first-order valence-corrected chi connectivity index (χ1v) is 6.78. The van der Waals surface area contributed by atoms with E-state index in [4.69, 9.17) is 0 Å². The molecule has 0 bridgehead atoms. The van der Waals surface area contributed by atoms with Gasteiger partial charge in [0.2, 0.25) is 0 Å². The van der Waals surface area contributed by atoms with E-state index in [9.17, 15) is 0 Å². The summed E-state index contributed by atoms with van der Waals surface area (Å²) in [5.41, 5.74) is 5.71. The minimum atomic E-state index is 0.506. The summed E-state index contributed by atoms with van der Waals surface area (Å²) in [6.45, 7) is 1.84. The highest BCUT2D eigenvalue weighted by Crippen LogP contribution is 2.24. The van der Waals surface area contributed by atoms with Gasteiger partial charge in [-0.1, -0.05) is 18.2 Å². The molecule has 1 aliphatic rings. The van der Waals surface area contributed by atoms with Crippen LogP contribution in [0.3, 0.4) is 0 Å². The molecule has 1 unspecified atom stereocenters. The molecule has 2 N–H and O–H groups in total. The van der Waals surface area contributed by atoms with Crippen LogP contribution in [-0.4, -0.2) is 17.6 Å². The third kappa shape index (κ3) is 2.48. The molecule has 1 aliphatic heterocycles. The smallest absolute Gasteiger partial charge is 0.0795 e. The van der Waals surface area contributed by atoms with Gasteiger partial charge >= 0.3 is 0 Å². The molecule has 0 fully saturated rings. The van der Waals surface area contributed by atoms with Gasteiger partial charge < -0.3 is 10.6 Å². The van der Waals surface area contributed by atoms with Crippen molar-refractivity contribution in [2.45, 2.75) is 19.0 Å². The molecule has 17 heavy (non-hydrogen) atoms. The molecule has 1 aromatic heterocycles. The normalized spacial score (nSPS) is 17.8. The Hall–Kier alpha value is -1.39. The zero-order valence-corrected chi connectivity index (χ0v) is 10.3. The van der Waals surface area contributed by atoms with Gasteiger partial charge in [-0.15, -0.1) is 11.3 Å². The summed E-state index contributed by atoms with van der Waals surface area (Å²) in [5.74, 6) is 0. The largest absolute Gasteiger partial charge is 0.380 e. The number of nitrogens with zero attached hydrogens (tertiary/aromatic N) is 1. The van der Waals surface area contributed by atoms with Crippen molar-refractivity contribution >= 4 is 17.0 Å². The van der Waals surface area contributed by atoms with Crippen LogP contribution in [0.15, 0.2) is 35.2 Å². The lowest BCUT2D eigenvalue weighted by molar-refractivity contribution is 0.609. The second-order valence-electron chi connectivity index (χ2n) is 4.31. The van der Waals surface area contributed by atoms with Crippen molar-refractivity contribution in [1.29, 1.82) is 0 Å². The third-order valence-electron chi connectivity index (χ3n) is 3.02.